The van der Waals surface area contributed by atoms with Crippen LogP contribution >= 0.6 is 0 Å². The van der Waals surface area contributed by atoms with Gasteiger partial charge in [0.25, 0.3) is 10.0 Å². The van der Waals surface area contributed by atoms with Crippen LogP contribution in [0.5, 0.6) is 0 Å². The van der Waals surface area contributed by atoms with Crippen LogP contribution in [0.25, 0.3) is 0 Å². The molecule has 1 rings (SSSR count). The average Bonchev–Trinajstić information content (AvgIpc) is 2.26. The van der Waals surface area contributed by atoms with Crippen LogP contribution in [0.1, 0.15) is 39.0 Å². The van der Waals surface area contributed by atoms with Crippen LogP contribution in [-0.2, 0) is 8.23 Å². The SMILES string of the molecule is CCN([SiH2]O[SiH2]O[SiH3])C1CCCCC1. The Morgan fingerprint density at radius 3 is 2.64 bits per heavy atom. The molecule has 0 saturated heterocycles. The largest absolute Gasteiger partial charge is 0.449 e. The van der Waals surface area contributed by atoms with E-state index in [0.717, 1.165) is 16.5 Å². The molecular weight excluding hydrogens is 226 g/mol. The van der Waals surface area contributed by atoms with E-state index >= 15 is 0 Å². The molecule has 0 aliphatic heterocycles. The van der Waals surface area contributed by atoms with Gasteiger partial charge in [-0.25, -0.2) is 0 Å². The molecule has 0 spiro atoms. The van der Waals surface area contributed by atoms with Crippen LogP contribution < -0.4 is 0 Å². The van der Waals surface area contributed by atoms with Crippen molar-refractivity contribution in [3.63, 3.8) is 0 Å². The number of hydrogen-bond donors (Lipinski definition) is 0. The van der Waals surface area contributed by atoms with Gasteiger partial charge in [-0.05, 0) is 19.4 Å². The minimum Gasteiger partial charge on any atom is -0.449 e. The summed E-state index contributed by atoms with van der Waals surface area (Å²) >= 11 is 0. The van der Waals surface area contributed by atoms with Gasteiger partial charge in [-0.2, -0.15) is 0 Å². The summed E-state index contributed by atoms with van der Waals surface area (Å²) < 4.78 is 13.5. The Labute approximate surface area is 95.2 Å². The van der Waals surface area contributed by atoms with Gasteiger partial charge in [0.15, 0.2) is 0 Å². The molecule has 1 aliphatic carbocycles. The van der Waals surface area contributed by atoms with E-state index in [0.29, 0.717) is 0 Å². The van der Waals surface area contributed by atoms with Crippen LogP contribution in [0.15, 0.2) is 0 Å². The summed E-state index contributed by atoms with van der Waals surface area (Å²) in [5.74, 6) is 0. The van der Waals surface area contributed by atoms with E-state index in [9.17, 15) is 0 Å². The van der Waals surface area contributed by atoms with Gasteiger partial charge < -0.3 is 12.8 Å². The minimum atomic E-state index is -0.584. The third-order valence-electron chi connectivity index (χ3n) is 2.96. The molecule has 0 heterocycles. The van der Waals surface area contributed by atoms with Crippen LogP contribution in [0.4, 0.5) is 0 Å². The molecule has 1 saturated carbocycles. The van der Waals surface area contributed by atoms with Gasteiger partial charge in [-0.3, -0.25) is 0 Å². The van der Waals surface area contributed by atoms with Crippen LogP contribution in [0, 0.1) is 0 Å². The van der Waals surface area contributed by atoms with Gasteiger partial charge in [-0.15, -0.1) is 0 Å². The second-order valence-corrected chi connectivity index (χ2v) is 9.19. The zero-order valence-electron chi connectivity index (χ0n) is 9.50. The molecule has 0 aromatic heterocycles. The lowest BCUT2D eigenvalue weighted by atomic mass is 9.95. The van der Waals surface area contributed by atoms with Gasteiger partial charge in [0.2, 0.25) is 9.92 Å². The van der Waals surface area contributed by atoms with E-state index in [-0.39, 0.29) is 0 Å². The maximum atomic E-state index is 5.71. The lowest BCUT2D eigenvalue weighted by molar-refractivity contribution is 0.246. The summed E-state index contributed by atoms with van der Waals surface area (Å²) in [7, 11) is -0.171. The average molecular weight is 250 g/mol. The van der Waals surface area contributed by atoms with E-state index in [1.165, 1.54) is 38.6 Å². The molecule has 0 aromatic rings. The van der Waals surface area contributed by atoms with Crippen molar-refractivity contribution < 1.29 is 8.23 Å². The predicted molar refractivity (Wildman–Crippen MR) is 68.5 cm³/mol. The molecule has 6 heteroatoms. The van der Waals surface area contributed by atoms with Gasteiger partial charge in [0, 0.05) is 6.04 Å². The highest BCUT2D eigenvalue weighted by Gasteiger charge is 2.19. The molecule has 0 amide bonds. The first-order valence-electron chi connectivity index (χ1n) is 5.69. The lowest BCUT2D eigenvalue weighted by Crippen LogP contribution is -2.41. The van der Waals surface area contributed by atoms with Crippen molar-refractivity contribution in [3.8, 4) is 0 Å². The van der Waals surface area contributed by atoms with Crippen molar-refractivity contribution in [2.24, 2.45) is 0 Å². The van der Waals surface area contributed by atoms with Crippen molar-refractivity contribution in [2.45, 2.75) is 45.1 Å². The fourth-order valence-electron chi connectivity index (χ4n) is 2.14. The molecule has 0 N–H and O–H groups in total. The molecule has 0 atom stereocenters. The van der Waals surface area contributed by atoms with Crippen molar-refractivity contribution >= 4 is 30.4 Å². The molecule has 1 fully saturated rings. The van der Waals surface area contributed by atoms with Crippen molar-refractivity contribution in [2.75, 3.05) is 6.54 Å². The predicted octanol–water partition coefficient (Wildman–Crippen LogP) is -1.05. The highest BCUT2D eigenvalue weighted by Crippen LogP contribution is 2.21. The summed E-state index contributed by atoms with van der Waals surface area (Å²) in [4.78, 5) is 0. The number of nitrogens with zero attached hydrogens (tertiary/aromatic N) is 1. The van der Waals surface area contributed by atoms with Crippen LogP contribution in [-0.4, -0.2) is 47.6 Å². The number of hydrogen-bond acceptors (Lipinski definition) is 3. The first kappa shape index (κ1) is 12.6. The van der Waals surface area contributed by atoms with E-state index < -0.39 is 19.9 Å². The third-order valence-corrected chi connectivity index (χ3v) is 6.59. The molecule has 3 nitrogen and oxygen atoms in total. The van der Waals surface area contributed by atoms with E-state index in [2.05, 4.69) is 11.5 Å². The Bertz CT molecular complexity index is 145. The van der Waals surface area contributed by atoms with Crippen molar-refractivity contribution in [1.29, 1.82) is 0 Å². The Balaban J connectivity index is 2.21. The minimum absolute atomic E-state index is 0.438. The summed E-state index contributed by atoms with van der Waals surface area (Å²) in [5.41, 5.74) is 0. The van der Waals surface area contributed by atoms with Gasteiger partial charge in [-0.1, -0.05) is 26.2 Å². The summed E-state index contributed by atoms with van der Waals surface area (Å²) in [6.07, 6.45) is 7.07. The Hall–Kier alpha value is 0.531. The zero-order chi connectivity index (χ0) is 10.2. The maximum absolute atomic E-state index is 5.71. The molecule has 0 unspecified atom stereocenters. The highest BCUT2D eigenvalue weighted by atomic mass is 28.3. The standard InChI is InChI=1S/C8H23NO2Si3/c1-2-9(13-11-14-10-12)8-6-4-3-5-7-8/h8H,2-7,13-14H2,1,12H3. The van der Waals surface area contributed by atoms with Crippen LogP contribution in [0.2, 0.25) is 0 Å². The summed E-state index contributed by atoms with van der Waals surface area (Å²) in [6.45, 7) is 3.43. The van der Waals surface area contributed by atoms with Gasteiger partial charge >= 0.3 is 0 Å². The number of rotatable bonds is 6. The molecule has 0 aromatic carbocycles. The highest BCUT2D eigenvalue weighted by molar-refractivity contribution is 6.39. The Kier molecular flexibility index (Phi) is 7.00. The Morgan fingerprint density at radius 1 is 1.36 bits per heavy atom. The molecule has 1 aliphatic rings. The first-order chi connectivity index (χ1) is 6.88. The van der Waals surface area contributed by atoms with Gasteiger partial charge in [0.05, 0.1) is 0 Å². The fraction of sp³-hybridized carbons (Fsp3) is 1.00. The Morgan fingerprint density at radius 2 is 2.07 bits per heavy atom. The van der Waals surface area contributed by atoms with E-state index in [4.69, 9.17) is 8.23 Å². The summed E-state index contributed by atoms with van der Waals surface area (Å²) in [6, 6.07) is 0.837. The molecule has 84 valence electrons. The third kappa shape index (κ3) is 4.37. The van der Waals surface area contributed by atoms with Crippen molar-refractivity contribution in [1.82, 2.24) is 4.57 Å². The topological polar surface area (TPSA) is 21.7 Å². The van der Waals surface area contributed by atoms with Gasteiger partial charge in [0.1, 0.15) is 10.5 Å². The van der Waals surface area contributed by atoms with Crippen LogP contribution in [0.3, 0.4) is 0 Å². The normalized spacial score (nSPS) is 21.0. The van der Waals surface area contributed by atoms with E-state index in [1.807, 2.05) is 0 Å². The van der Waals surface area contributed by atoms with E-state index in [1.54, 1.807) is 0 Å². The monoisotopic (exact) mass is 249 g/mol. The fourth-order valence-corrected chi connectivity index (χ4v) is 6.30. The second-order valence-electron chi connectivity index (χ2n) is 3.94. The lowest BCUT2D eigenvalue weighted by Gasteiger charge is -2.33. The molecular formula is C8H23NO2Si3. The smallest absolute Gasteiger partial charge is 0.283 e. The second kappa shape index (κ2) is 7.77. The molecule has 0 radical (unpaired) electrons. The molecule has 0 bridgehead atoms. The van der Waals surface area contributed by atoms with Crippen molar-refractivity contribution in [3.05, 3.63) is 0 Å². The zero-order valence-corrected chi connectivity index (χ0v) is 14.3. The maximum Gasteiger partial charge on any atom is 0.283 e. The molecule has 14 heavy (non-hydrogen) atoms. The first-order valence-corrected chi connectivity index (χ1v) is 8.87. The quantitative estimate of drug-likeness (QED) is 0.443. The summed E-state index contributed by atoms with van der Waals surface area (Å²) in [5, 5.41) is 0.